The lowest BCUT2D eigenvalue weighted by molar-refractivity contribution is -0.137. The quantitative estimate of drug-likeness (QED) is 0.229. The fourth-order valence-electron chi connectivity index (χ4n) is 4.16. The van der Waals surface area contributed by atoms with Crippen molar-refractivity contribution >= 4 is 46.1 Å². The van der Waals surface area contributed by atoms with Gasteiger partial charge in [-0.15, -0.1) is 24.0 Å². The van der Waals surface area contributed by atoms with Gasteiger partial charge >= 0.3 is 6.18 Å². The number of carbonyl (C=O) groups excluding carboxylic acids is 2. The van der Waals surface area contributed by atoms with Crippen LogP contribution in [0.3, 0.4) is 0 Å². The normalized spacial score (nSPS) is 18.1. The first kappa shape index (κ1) is 32.8. The Morgan fingerprint density at radius 3 is 2.26 bits per heavy atom. The first-order valence-corrected chi connectivity index (χ1v) is 13.6. The third-order valence-corrected chi connectivity index (χ3v) is 7.49. The van der Waals surface area contributed by atoms with Crippen LogP contribution in [0.1, 0.15) is 48.2 Å². The molecule has 1 aliphatic heterocycles. The number of nitrogens with zero attached hydrogens (tertiary/aromatic N) is 1. The number of nitrogens with one attached hydrogen (secondary N) is 1. The summed E-state index contributed by atoms with van der Waals surface area (Å²) in [6.45, 7) is 0.288. The van der Waals surface area contributed by atoms with Crippen LogP contribution in [-0.2, 0) is 20.8 Å². The fourth-order valence-corrected chi connectivity index (χ4v) is 4.82. The lowest BCUT2D eigenvalue weighted by atomic mass is 10.00. The van der Waals surface area contributed by atoms with Gasteiger partial charge in [0, 0.05) is 37.8 Å². The molecule has 4 rings (SSSR count). The molecule has 0 radical (unpaired) electrons. The van der Waals surface area contributed by atoms with Gasteiger partial charge < -0.3 is 10.2 Å². The van der Waals surface area contributed by atoms with Crippen molar-refractivity contribution in [2.75, 3.05) is 19.3 Å². The Labute approximate surface area is 240 Å². The lowest BCUT2D eigenvalue weighted by Crippen LogP contribution is -2.29. The Bertz CT molecular complexity index is 1280. The minimum atomic E-state index is -4.56. The first-order chi connectivity index (χ1) is 17.7. The molecule has 0 spiro atoms. The average molecular weight is 694 g/mol. The van der Waals surface area contributed by atoms with Gasteiger partial charge in [-0.3, -0.25) is 9.59 Å². The van der Waals surface area contributed by atoms with Crippen molar-refractivity contribution in [1.82, 2.24) is 10.2 Å². The second kappa shape index (κ2) is 13.3. The first-order valence-electron chi connectivity index (χ1n) is 11.7. The Kier molecular flexibility index (Phi) is 11.2. The van der Waals surface area contributed by atoms with Gasteiger partial charge in [0.15, 0.2) is 9.84 Å². The second-order valence-corrected chi connectivity index (χ2v) is 11.3. The van der Waals surface area contributed by atoms with Gasteiger partial charge in [-0.2, -0.15) is 13.2 Å². The number of carbonyl (C=O) groups is 2. The van der Waals surface area contributed by atoms with Crippen LogP contribution in [0.4, 0.5) is 26.3 Å². The van der Waals surface area contributed by atoms with Crippen LogP contribution in [0.5, 0.6) is 0 Å². The van der Waals surface area contributed by atoms with E-state index in [-0.39, 0.29) is 66.9 Å². The van der Waals surface area contributed by atoms with Gasteiger partial charge in [-0.05, 0) is 55.5 Å². The highest BCUT2D eigenvalue weighted by Gasteiger charge is 2.36. The van der Waals surface area contributed by atoms with E-state index >= 15 is 0 Å². The van der Waals surface area contributed by atoms with Crippen molar-refractivity contribution in [3.63, 3.8) is 0 Å². The molecule has 0 unspecified atom stereocenters. The van der Waals surface area contributed by atoms with E-state index in [4.69, 9.17) is 0 Å². The molecule has 1 saturated carbocycles. The molecule has 0 bridgehead atoms. The van der Waals surface area contributed by atoms with Gasteiger partial charge in [0.1, 0.15) is 5.82 Å². The van der Waals surface area contributed by atoms with Crippen LogP contribution in [-0.4, -0.2) is 51.4 Å². The highest BCUT2D eigenvalue weighted by Crippen LogP contribution is 2.42. The van der Waals surface area contributed by atoms with Crippen LogP contribution in [0.25, 0.3) is 0 Å². The summed E-state index contributed by atoms with van der Waals surface area (Å²) in [6.07, 6.45) is -3.55. The lowest BCUT2D eigenvalue weighted by Gasteiger charge is -2.17. The average Bonchev–Trinajstić information content (AvgIpc) is 3.56. The number of amides is 2. The van der Waals surface area contributed by atoms with E-state index in [1.54, 1.807) is 0 Å². The molecule has 1 N–H and O–H groups in total. The second-order valence-electron chi connectivity index (χ2n) is 9.27. The van der Waals surface area contributed by atoms with E-state index in [0.717, 1.165) is 31.2 Å². The number of benzene rings is 2. The van der Waals surface area contributed by atoms with E-state index in [2.05, 4.69) is 5.32 Å². The predicted molar refractivity (Wildman–Crippen MR) is 143 cm³/mol. The summed E-state index contributed by atoms with van der Waals surface area (Å²) in [7, 11) is -3.40. The van der Waals surface area contributed by atoms with E-state index in [1.807, 2.05) is 0 Å². The monoisotopic (exact) mass is 694 g/mol. The molecule has 1 heterocycles. The van der Waals surface area contributed by atoms with Gasteiger partial charge in [0.05, 0.1) is 16.5 Å². The van der Waals surface area contributed by atoms with Crippen molar-refractivity contribution in [2.24, 2.45) is 11.8 Å². The zero-order chi connectivity index (χ0) is 28.3. The van der Waals surface area contributed by atoms with Crippen LogP contribution in [0, 0.1) is 17.7 Å². The Morgan fingerprint density at radius 2 is 1.77 bits per heavy atom. The van der Waals surface area contributed by atoms with E-state index in [1.165, 1.54) is 29.2 Å². The van der Waals surface area contributed by atoms with Crippen molar-refractivity contribution in [1.29, 1.82) is 0 Å². The van der Waals surface area contributed by atoms with Crippen molar-refractivity contribution in [2.45, 2.75) is 42.8 Å². The number of sulfone groups is 1. The molecule has 14 heteroatoms. The minimum Gasteiger partial charge on any atom is -0.351 e. The molecule has 2 atom stereocenters. The molecule has 2 aliphatic rings. The molecule has 6 nitrogen and oxygen atoms in total. The molecular formula is C25H29F6IN2O4S. The van der Waals surface area contributed by atoms with E-state index in [0.29, 0.717) is 12.5 Å². The molecule has 1 aliphatic carbocycles. The zero-order valence-corrected chi connectivity index (χ0v) is 23.8. The predicted octanol–water partition coefficient (Wildman–Crippen LogP) is 5.72. The van der Waals surface area contributed by atoms with Crippen LogP contribution in [0.2, 0.25) is 0 Å². The highest BCUT2D eigenvalue weighted by atomic mass is 127. The maximum atomic E-state index is 13.7. The summed E-state index contributed by atoms with van der Waals surface area (Å²) in [5.41, 5.74) is -0.704. The number of hydrogen-bond donors (Lipinski definition) is 1. The van der Waals surface area contributed by atoms with Crippen LogP contribution >= 0.6 is 24.0 Å². The number of likely N-dealkylation sites (tertiary alicyclic amines) is 1. The third kappa shape index (κ3) is 8.82. The van der Waals surface area contributed by atoms with Gasteiger partial charge in [0.2, 0.25) is 12.8 Å². The van der Waals surface area contributed by atoms with Gasteiger partial charge in [-0.1, -0.05) is 12.1 Å². The summed E-state index contributed by atoms with van der Waals surface area (Å²) in [6, 6.07) is 7.52. The van der Waals surface area contributed by atoms with Crippen molar-refractivity contribution < 1.29 is 45.8 Å². The summed E-state index contributed by atoms with van der Waals surface area (Å²) < 4.78 is 98.9. The maximum absolute atomic E-state index is 13.7. The minimum absolute atomic E-state index is 0. The van der Waals surface area contributed by atoms with Crippen molar-refractivity contribution in [3.8, 4) is 0 Å². The molecule has 2 amide bonds. The third-order valence-electron chi connectivity index (χ3n) is 6.38. The maximum Gasteiger partial charge on any atom is 0.416 e. The molecule has 39 heavy (non-hydrogen) atoms. The summed E-state index contributed by atoms with van der Waals surface area (Å²) >= 11 is 0. The number of hydrogen-bond acceptors (Lipinski definition) is 4. The number of rotatable bonds is 7. The summed E-state index contributed by atoms with van der Waals surface area (Å²) in [5.74, 6) is -2.02. The fraction of sp³-hybridized carbons (Fsp3) is 0.440. The molecule has 1 saturated heterocycles. The van der Waals surface area contributed by atoms with Crippen molar-refractivity contribution in [3.05, 3.63) is 65.0 Å². The number of halogens is 7. The highest BCUT2D eigenvalue weighted by molar-refractivity contribution is 14.0. The number of alkyl halides is 5. The zero-order valence-electron chi connectivity index (χ0n) is 20.6. The van der Waals surface area contributed by atoms with Crippen LogP contribution < -0.4 is 5.32 Å². The topological polar surface area (TPSA) is 83.6 Å². The molecule has 0 aromatic heterocycles. The summed E-state index contributed by atoms with van der Waals surface area (Å²) in [5, 5.41) is 2.46. The summed E-state index contributed by atoms with van der Waals surface area (Å²) in [4.78, 5) is 24.0. The van der Waals surface area contributed by atoms with Crippen LogP contribution in [0.15, 0.2) is 47.4 Å². The van der Waals surface area contributed by atoms with E-state index in [9.17, 15) is 44.3 Å². The molecule has 218 valence electrons. The smallest absolute Gasteiger partial charge is 0.351 e. The standard InChI is InChI=1S/C13H15F2NO3S.C12H11F4NO.HI.H2/c1-20(18,19)11-4-2-3-9(7-11)13(17)16-6-5-10(8-16)12(14)15;13-10-5-8(12(14,15)16)3-4-9(10)11(17-6-18)7-1-2-7;;/h2-4,7,10,12H,5-6,8H2,1H3;3-7,11H,1-2H2,(H,17,18);2*1H/t10-;11-;;/m01../s1. The largest absolute Gasteiger partial charge is 0.416 e. The van der Waals surface area contributed by atoms with Gasteiger partial charge in [0.25, 0.3) is 5.91 Å². The Hall–Kier alpha value is -2.36. The Balaban J connectivity index is 0.000000383. The molecular weight excluding hydrogens is 665 g/mol. The van der Waals surface area contributed by atoms with Gasteiger partial charge in [-0.25, -0.2) is 21.6 Å². The SMILES string of the molecule is CS(=O)(=O)c1cccc(C(=O)N2CC[C@H](C(F)F)C2)c1.I.O=CN[C@@H](c1ccc(C(F)(F)F)cc1F)C1CC1.[HH]. The molecule has 2 aromatic carbocycles. The molecule has 2 aromatic rings. The van der Waals surface area contributed by atoms with E-state index < -0.39 is 51.7 Å². The molecule has 2 fully saturated rings. The Morgan fingerprint density at radius 1 is 1.10 bits per heavy atom.